The molecule has 178 valence electrons. The van der Waals surface area contributed by atoms with Gasteiger partial charge in [-0.15, -0.1) is 6.58 Å². The van der Waals surface area contributed by atoms with Crippen LogP contribution in [0.2, 0.25) is 0 Å². The summed E-state index contributed by atoms with van der Waals surface area (Å²) in [6.45, 7) is 6.11. The molecule has 0 amide bonds. The van der Waals surface area contributed by atoms with Gasteiger partial charge in [0, 0.05) is 5.56 Å². The van der Waals surface area contributed by atoms with Crippen LogP contribution in [0.4, 0.5) is 8.78 Å². The van der Waals surface area contributed by atoms with Gasteiger partial charge in [0.2, 0.25) is 0 Å². The first-order valence-corrected chi connectivity index (χ1v) is 13.7. The summed E-state index contributed by atoms with van der Waals surface area (Å²) in [5, 5.41) is 0. The molecule has 5 atom stereocenters. The Balaban J connectivity index is 1.40. The number of fused-ring (bicyclic) bond motifs is 2. The number of hydrogen-bond donors (Lipinski definition) is 0. The first kappa shape index (κ1) is 24.0. The molecule has 0 radical (unpaired) electrons. The average molecular weight is 443 g/mol. The predicted molar refractivity (Wildman–Crippen MR) is 131 cm³/mol. The van der Waals surface area contributed by atoms with Crippen molar-refractivity contribution in [3.05, 3.63) is 47.0 Å². The molecular formula is C30H44F2. The number of hydrogen-bond acceptors (Lipinski definition) is 0. The molecule has 0 N–H and O–H groups in total. The van der Waals surface area contributed by atoms with Gasteiger partial charge in [0.1, 0.15) is 11.6 Å². The topological polar surface area (TPSA) is 0 Å². The van der Waals surface area contributed by atoms with Crippen molar-refractivity contribution in [3.63, 3.8) is 0 Å². The summed E-state index contributed by atoms with van der Waals surface area (Å²) in [5.41, 5.74) is 2.26. The van der Waals surface area contributed by atoms with Crippen LogP contribution in [0.25, 0.3) is 0 Å². The second-order valence-electron chi connectivity index (χ2n) is 11.3. The van der Waals surface area contributed by atoms with Crippen LogP contribution >= 0.6 is 0 Å². The van der Waals surface area contributed by atoms with Crippen molar-refractivity contribution in [2.45, 2.75) is 116 Å². The van der Waals surface area contributed by atoms with E-state index in [0.717, 1.165) is 67.9 Å². The third-order valence-corrected chi connectivity index (χ3v) is 9.13. The largest absolute Gasteiger partial charge is 0.207 e. The molecule has 2 fully saturated rings. The third kappa shape index (κ3) is 5.48. The Kier molecular flexibility index (Phi) is 8.46. The van der Waals surface area contributed by atoms with Gasteiger partial charge in [0.25, 0.3) is 0 Å². The fraction of sp³-hybridized carbons (Fsp3) is 0.733. The highest BCUT2D eigenvalue weighted by Gasteiger charge is 2.38. The molecule has 1 aromatic carbocycles. The lowest BCUT2D eigenvalue weighted by Gasteiger charge is -2.42. The van der Waals surface area contributed by atoms with E-state index in [4.69, 9.17) is 0 Å². The highest BCUT2D eigenvalue weighted by atomic mass is 19.1. The zero-order valence-corrected chi connectivity index (χ0v) is 20.3. The van der Waals surface area contributed by atoms with Gasteiger partial charge in [-0.05, 0) is 111 Å². The molecule has 0 aromatic heterocycles. The first-order chi connectivity index (χ1) is 15.6. The van der Waals surface area contributed by atoms with Crippen molar-refractivity contribution in [1.29, 1.82) is 0 Å². The molecule has 0 aliphatic heterocycles. The minimum absolute atomic E-state index is 0.0815. The van der Waals surface area contributed by atoms with Crippen molar-refractivity contribution in [1.82, 2.24) is 0 Å². The van der Waals surface area contributed by atoms with Crippen LogP contribution in [0.5, 0.6) is 0 Å². The quantitative estimate of drug-likeness (QED) is 0.264. The lowest BCUT2D eigenvalue weighted by atomic mass is 9.63. The predicted octanol–water partition coefficient (Wildman–Crippen LogP) is 9.31. The van der Waals surface area contributed by atoms with Crippen molar-refractivity contribution in [3.8, 4) is 0 Å². The Hall–Kier alpha value is -1.18. The van der Waals surface area contributed by atoms with Crippen LogP contribution in [0, 0.1) is 35.3 Å². The van der Waals surface area contributed by atoms with Crippen molar-refractivity contribution >= 4 is 0 Å². The van der Waals surface area contributed by atoms with E-state index in [0.29, 0.717) is 17.4 Å². The molecule has 32 heavy (non-hydrogen) atoms. The van der Waals surface area contributed by atoms with Crippen molar-refractivity contribution in [2.24, 2.45) is 23.7 Å². The molecule has 0 nitrogen and oxygen atoms in total. The van der Waals surface area contributed by atoms with E-state index in [1.54, 1.807) is 6.07 Å². The normalized spacial score (nSPS) is 29.9. The Morgan fingerprint density at radius 2 is 1.75 bits per heavy atom. The standard InChI is InChI=1S/C30H44F2/c1-3-5-7-8-10-22-12-16-27-26(18-22)20-28(31)29(30(27)32)25-15-14-23-17-21(9-6-4-2)11-13-24(23)19-25/h4,20-25H,2-3,5-19H2,1H3. The summed E-state index contributed by atoms with van der Waals surface area (Å²) in [5.74, 6) is 2.53. The van der Waals surface area contributed by atoms with E-state index >= 15 is 8.78 Å². The van der Waals surface area contributed by atoms with Crippen LogP contribution in [-0.2, 0) is 12.8 Å². The van der Waals surface area contributed by atoms with Gasteiger partial charge in [-0.3, -0.25) is 0 Å². The SMILES string of the molecule is C=CCCC1CCC2CC(c3c(F)cc4c(c3F)CCC(CCCCCC)C4)CCC2C1. The van der Waals surface area contributed by atoms with E-state index in [1.807, 2.05) is 6.08 Å². The Morgan fingerprint density at radius 1 is 0.938 bits per heavy atom. The van der Waals surface area contributed by atoms with Gasteiger partial charge in [-0.1, -0.05) is 51.5 Å². The monoisotopic (exact) mass is 442 g/mol. The number of benzene rings is 1. The van der Waals surface area contributed by atoms with Crippen molar-refractivity contribution < 1.29 is 8.78 Å². The molecule has 5 unspecified atom stereocenters. The molecular weight excluding hydrogens is 398 g/mol. The van der Waals surface area contributed by atoms with E-state index in [2.05, 4.69) is 13.5 Å². The molecule has 4 rings (SSSR count). The van der Waals surface area contributed by atoms with E-state index < -0.39 is 0 Å². The summed E-state index contributed by atoms with van der Waals surface area (Å²) >= 11 is 0. The molecule has 2 saturated carbocycles. The van der Waals surface area contributed by atoms with Crippen LogP contribution < -0.4 is 0 Å². The number of halogens is 2. The molecule has 0 bridgehead atoms. The van der Waals surface area contributed by atoms with Gasteiger partial charge in [0.05, 0.1) is 0 Å². The first-order valence-electron chi connectivity index (χ1n) is 13.7. The second-order valence-corrected chi connectivity index (χ2v) is 11.3. The lowest BCUT2D eigenvalue weighted by molar-refractivity contribution is 0.113. The summed E-state index contributed by atoms with van der Waals surface area (Å²) in [7, 11) is 0. The highest BCUT2D eigenvalue weighted by Crippen LogP contribution is 2.49. The maximum absolute atomic E-state index is 15.7. The lowest BCUT2D eigenvalue weighted by Crippen LogP contribution is -2.31. The molecule has 3 aliphatic carbocycles. The molecule has 1 aromatic rings. The number of unbranched alkanes of at least 4 members (excludes halogenated alkanes) is 3. The molecule has 3 aliphatic rings. The molecule has 0 saturated heterocycles. The van der Waals surface area contributed by atoms with Crippen LogP contribution in [0.3, 0.4) is 0 Å². The van der Waals surface area contributed by atoms with Crippen LogP contribution in [0.1, 0.15) is 119 Å². The summed E-state index contributed by atoms with van der Waals surface area (Å²) in [4.78, 5) is 0. The number of allylic oxidation sites excluding steroid dienone is 1. The Bertz CT molecular complexity index is 767. The van der Waals surface area contributed by atoms with E-state index in [9.17, 15) is 0 Å². The third-order valence-electron chi connectivity index (χ3n) is 9.13. The fourth-order valence-corrected chi connectivity index (χ4v) is 7.28. The van der Waals surface area contributed by atoms with E-state index in [-0.39, 0.29) is 17.6 Å². The summed E-state index contributed by atoms with van der Waals surface area (Å²) in [6.07, 6.45) is 20.5. The summed E-state index contributed by atoms with van der Waals surface area (Å²) in [6, 6.07) is 1.73. The van der Waals surface area contributed by atoms with Gasteiger partial charge in [0.15, 0.2) is 0 Å². The Morgan fingerprint density at radius 3 is 2.56 bits per heavy atom. The number of rotatable bonds is 9. The Labute approximate surface area is 195 Å². The summed E-state index contributed by atoms with van der Waals surface area (Å²) < 4.78 is 30.9. The van der Waals surface area contributed by atoms with Gasteiger partial charge in [-0.25, -0.2) is 8.78 Å². The van der Waals surface area contributed by atoms with Crippen molar-refractivity contribution in [2.75, 3.05) is 0 Å². The zero-order chi connectivity index (χ0) is 22.5. The minimum Gasteiger partial charge on any atom is -0.207 e. The highest BCUT2D eigenvalue weighted by molar-refractivity contribution is 5.39. The van der Waals surface area contributed by atoms with E-state index in [1.165, 1.54) is 57.8 Å². The fourth-order valence-electron chi connectivity index (χ4n) is 7.28. The molecule has 0 spiro atoms. The second kappa shape index (κ2) is 11.3. The maximum Gasteiger partial charge on any atom is 0.133 e. The minimum atomic E-state index is -0.254. The van der Waals surface area contributed by atoms with Crippen LogP contribution in [-0.4, -0.2) is 0 Å². The van der Waals surface area contributed by atoms with Gasteiger partial charge in [-0.2, -0.15) is 0 Å². The molecule has 0 heterocycles. The van der Waals surface area contributed by atoms with Gasteiger partial charge >= 0.3 is 0 Å². The van der Waals surface area contributed by atoms with Gasteiger partial charge < -0.3 is 0 Å². The smallest absolute Gasteiger partial charge is 0.133 e. The molecule has 2 heteroatoms. The zero-order valence-electron chi connectivity index (χ0n) is 20.3. The average Bonchev–Trinajstić information content (AvgIpc) is 2.80. The maximum atomic E-state index is 15.7. The van der Waals surface area contributed by atoms with Crippen LogP contribution in [0.15, 0.2) is 18.7 Å².